The molecule has 0 aliphatic rings. The highest BCUT2D eigenvalue weighted by molar-refractivity contribution is 5.86. The first-order valence-electron chi connectivity index (χ1n) is 6.61. The molecule has 0 spiro atoms. The zero-order chi connectivity index (χ0) is 14.7. The molecule has 0 bridgehead atoms. The van der Waals surface area contributed by atoms with Crippen LogP contribution in [0.1, 0.15) is 12.2 Å². The number of nitrogens with two attached hydrogens (primary N) is 1. The third-order valence-corrected chi connectivity index (χ3v) is 3.09. The first-order valence-corrected chi connectivity index (χ1v) is 6.61. The molecule has 2 heterocycles. The van der Waals surface area contributed by atoms with Gasteiger partial charge in [-0.1, -0.05) is 12.1 Å². The normalized spacial score (nSPS) is 10.6. The number of rotatable bonds is 5. The molecule has 0 amide bonds. The Morgan fingerprint density at radius 3 is 2.95 bits per heavy atom. The SMILES string of the molecule is N#Cc1oc2ccccc2c1OCCCn1ccc(N)n1. The van der Waals surface area contributed by atoms with Gasteiger partial charge in [-0.25, -0.2) is 0 Å². The lowest BCUT2D eigenvalue weighted by Crippen LogP contribution is -2.05. The van der Waals surface area contributed by atoms with Crippen molar-refractivity contribution in [3.63, 3.8) is 0 Å². The summed E-state index contributed by atoms with van der Waals surface area (Å²) in [7, 11) is 0. The Morgan fingerprint density at radius 1 is 1.33 bits per heavy atom. The van der Waals surface area contributed by atoms with Gasteiger partial charge in [0.25, 0.3) is 0 Å². The molecular weight excluding hydrogens is 268 g/mol. The summed E-state index contributed by atoms with van der Waals surface area (Å²) >= 11 is 0. The lowest BCUT2D eigenvalue weighted by molar-refractivity contribution is 0.296. The van der Waals surface area contributed by atoms with Gasteiger partial charge >= 0.3 is 0 Å². The quantitative estimate of drug-likeness (QED) is 0.726. The average molecular weight is 282 g/mol. The van der Waals surface area contributed by atoms with E-state index in [4.69, 9.17) is 20.1 Å². The summed E-state index contributed by atoms with van der Waals surface area (Å²) in [5.74, 6) is 1.22. The fourth-order valence-electron chi connectivity index (χ4n) is 2.14. The van der Waals surface area contributed by atoms with Crippen molar-refractivity contribution < 1.29 is 9.15 Å². The molecule has 3 aromatic rings. The minimum Gasteiger partial charge on any atom is -0.488 e. The molecule has 0 unspecified atom stereocenters. The highest BCUT2D eigenvalue weighted by Crippen LogP contribution is 2.32. The molecule has 6 nitrogen and oxygen atoms in total. The topological polar surface area (TPSA) is 90.0 Å². The number of nitriles is 1. The van der Waals surface area contributed by atoms with Gasteiger partial charge < -0.3 is 14.9 Å². The van der Waals surface area contributed by atoms with E-state index in [1.54, 1.807) is 10.7 Å². The van der Waals surface area contributed by atoms with E-state index in [-0.39, 0.29) is 5.76 Å². The van der Waals surface area contributed by atoms with E-state index in [2.05, 4.69) is 5.10 Å². The number of hydrogen-bond acceptors (Lipinski definition) is 5. The van der Waals surface area contributed by atoms with Crippen molar-refractivity contribution in [2.45, 2.75) is 13.0 Å². The number of aryl methyl sites for hydroxylation is 1. The maximum atomic E-state index is 9.11. The molecule has 21 heavy (non-hydrogen) atoms. The van der Waals surface area contributed by atoms with Crippen LogP contribution in [0.3, 0.4) is 0 Å². The van der Waals surface area contributed by atoms with E-state index in [1.165, 1.54) is 0 Å². The first-order chi connectivity index (χ1) is 10.3. The van der Waals surface area contributed by atoms with Crippen LogP contribution in [0.25, 0.3) is 11.0 Å². The van der Waals surface area contributed by atoms with Crippen molar-refractivity contribution in [2.24, 2.45) is 0 Å². The van der Waals surface area contributed by atoms with Crippen LogP contribution in [0.4, 0.5) is 5.82 Å². The van der Waals surface area contributed by atoms with Crippen molar-refractivity contribution >= 4 is 16.8 Å². The van der Waals surface area contributed by atoms with Gasteiger partial charge in [-0.05, 0) is 18.2 Å². The van der Waals surface area contributed by atoms with Crippen molar-refractivity contribution in [1.29, 1.82) is 5.26 Å². The summed E-state index contributed by atoms with van der Waals surface area (Å²) in [6.45, 7) is 1.17. The third-order valence-electron chi connectivity index (χ3n) is 3.09. The second-order valence-corrected chi connectivity index (χ2v) is 4.57. The molecule has 106 valence electrons. The summed E-state index contributed by atoms with van der Waals surface area (Å²) in [6.07, 6.45) is 2.58. The molecule has 0 saturated carbocycles. The van der Waals surface area contributed by atoms with Crippen LogP contribution in [0.15, 0.2) is 40.9 Å². The molecule has 2 N–H and O–H groups in total. The zero-order valence-corrected chi connectivity index (χ0v) is 11.3. The first kappa shape index (κ1) is 13.1. The third kappa shape index (κ3) is 2.67. The fraction of sp³-hybridized carbons (Fsp3) is 0.200. The maximum absolute atomic E-state index is 9.11. The highest BCUT2D eigenvalue weighted by atomic mass is 16.5. The molecule has 1 aromatic carbocycles. The number of anilines is 1. The largest absolute Gasteiger partial charge is 0.488 e. The second kappa shape index (κ2) is 5.59. The predicted molar refractivity (Wildman–Crippen MR) is 77.7 cm³/mol. The standard InChI is InChI=1S/C15H14N4O2/c16-10-13-15(11-4-1-2-5-12(11)21-13)20-9-3-7-19-8-6-14(17)18-19/h1-2,4-6,8H,3,7,9H2,(H2,17,18). The van der Waals surface area contributed by atoms with Crippen LogP contribution in [0, 0.1) is 11.3 Å². The Balaban J connectivity index is 1.66. The van der Waals surface area contributed by atoms with Crippen LogP contribution in [-0.4, -0.2) is 16.4 Å². The number of para-hydroxylation sites is 1. The second-order valence-electron chi connectivity index (χ2n) is 4.57. The smallest absolute Gasteiger partial charge is 0.246 e. The van der Waals surface area contributed by atoms with Crippen molar-refractivity contribution in [2.75, 3.05) is 12.3 Å². The van der Waals surface area contributed by atoms with E-state index in [0.29, 0.717) is 30.3 Å². The summed E-state index contributed by atoms with van der Waals surface area (Å²) in [5.41, 5.74) is 6.20. The van der Waals surface area contributed by atoms with E-state index < -0.39 is 0 Å². The zero-order valence-electron chi connectivity index (χ0n) is 11.3. The Bertz CT molecular complexity index is 797. The average Bonchev–Trinajstić information content (AvgIpc) is 3.07. The van der Waals surface area contributed by atoms with Gasteiger partial charge in [-0.2, -0.15) is 10.4 Å². The minimum absolute atomic E-state index is 0.208. The molecule has 0 atom stereocenters. The molecular formula is C15H14N4O2. The van der Waals surface area contributed by atoms with E-state index in [0.717, 1.165) is 11.8 Å². The number of aromatic nitrogens is 2. The lowest BCUT2D eigenvalue weighted by Gasteiger charge is -2.05. The molecule has 0 saturated heterocycles. The van der Waals surface area contributed by atoms with Crippen LogP contribution in [0.2, 0.25) is 0 Å². The Labute approximate surface area is 121 Å². The number of ether oxygens (including phenoxy) is 1. The van der Waals surface area contributed by atoms with Gasteiger partial charge in [0.15, 0.2) is 5.75 Å². The van der Waals surface area contributed by atoms with Crippen molar-refractivity contribution in [1.82, 2.24) is 9.78 Å². The fourth-order valence-corrected chi connectivity index (χ4v) is 2.14. The van der Waals surface area contributed by atoms with Crippen LogP contribution in [-0.2, 0) is 6.54 Å². The van der Waals surface area contributed by atoms with E-state index in [1.807, 2.05) is 36.5 Å². The summed E-state index contributed by atoms with van der Waals surface area (Å²) in [4.78, 5) is 0. The molecule has 6 heteroatoms. The maximum Gasteiger partial charge on any atom is 0.246 e. The van der Waals surface area contributed by atoms with Crippen molar-refractivity contribution in [3.8, 4) is 11.8 Å². The van der Waals surface area contributed by atoms with Gasteiger partial charge in [0, 0.05) is 19.2 Å². The number of nitrogen functional groups attached to an aromatic ring is 1. The number of hydrogen-bond donors (Lipinski definition) is 1. The number of fused-ring (bicyclic) bond motifs is 1. The summed E-state index contributed by atoms with van der Waals surface area (Å²) in [6, 6.07) is 11.2. The Morgan fingerprint density at radius 2 is 2.19 bits per heavy atom. The summed E-state index contributed by atoms with van der Waals surface area (Å²) in [5, 5.41) is 14.0. The highest BCUT2D eigenvalue weighted by Gasteiger charge is 2.14. The van der Waals surface area contributed by atoms with Crippen LogP contribution in [0.5, 0.6) is 5.75 Å². The molecule has 3 rings (SSSR count). The predicted octanol–water partition coefficient (Wildman–Crippen LogP) is 2.55. The molecule has 0 fully saturated rings. The number of benzene rings is 1. The molecule has 0 aliphatic heterocycles. The number of nitrogens with zero attached hydrogens (tertiary/aromatic N) is 3. The van der Waals surface area contributed by atoms with Crippen LogP contribution >= 0.6 is 0 Å². The van der Waals surface area contributed by atoms with Crippen molar-refractivity contribution in [3.05, 3.63) is 42.3 Å². The summed E-state index contributed by atoms with van der Waals surface area (Å²) < 4.78 is 12.9. The monoisotopic (exact) mass is 282 g/mol. The number of furan rings is 1. The van der Waals surface area contributed by atoms with E-state index >= 15 is 0 Å². The van der Waals surface area contributed by atoms with Gasteiger partial charge in [0.1, 0.15) is 17.5 Å². The lowest BCUT2D eigenvalue weighted by atomic mass is 10.2. The molecule has 0 radical (unpaired) electrons. The Hall–Kier alpha value is -2.94. The molecule has 2 aromatic heterocycles. The van der Waals surface area contributed by atoms with Gasteiger partial charge in [0.05, 0.1) is 12.0 Å². The van der Waals surface area contributed by atoms with Gasteiger partial charge in [0.2, 0.25) is 5.76 Å². The van der Waals surface area contributed by atoms with E-state index in [9.17, 15) is 0 Å². The van der Waals surface area contributed by atoms with Gasteiger partial charge in [-0.15, -0.1) is 0 Å². The Kier molecular flexibility index (Phi) is 3.48. The molecule has 0 aliphatic carbocycles. The van der Waals surface area contributed by atoms with Crippen LogP contribution < -0.4 is 10.5 Å². The minimum atomic E-state index is 0.208. The van der Waals surface area contributed by atoms with Gasteiger partial charge in [-0.3, -0.25) is 4.68 Å².